The third-order valence-electron chi connectivity index (χ3n) is 5.10. The summed E-state index contributed by atoms with van der Waals surface area (Å²) in [6.45, 7) is 0.598. The van der Waals surface area contributed by atoms with Crippen molar-refractivity contribution in [3.8, 4) is 0 Å². The molecule has 6 nitrogen and oxygen atoms in total. The largest absolute Gasteiger partial charge is 0.343 e. The Balaban J connectivity index is 1.46. The van der Waals surface area contributed by atoms with Crippen molar-refractivity contribution in [3.05, 3.63) is 46.7 Å². The van der Waals surface area contributed by atoms with Crippen molar-refractivity contribution in [3.63, 3.8) is 0 Å². The van der Waals surface area contributed by atoms with Crippen molar-refractivity contribution in [2.45, 2.75) is 30.7 Å². The van der Waals surface area contributed by atoms with Crippen LogP contribution >= 0.6 is 15.9 Å². The van der Waals surface area contributed by atoms with Crippen LogP contribution in [0.1, 0.15) is 24.8 Å². The second-order valence-electron chi connectivity index (χ2n) is 6.77. The third-order valence-corrected chi connectivity index (χ3v) is 5.62. The number of amides is 2. The van der Waals surface area contributed by atoms with E-state index >= 15 is 0 Å². The summed E-state index contributed by atoms with van der Waals surface area (Å²) >= 11 is 3.42. The number of anilines is 1. The molecule has 2 amide bonds. The summed E-state index contributed by atoms with van der Waals surface area (Å²) < 4.78 is 2.66. The average molecular weight is 403 g/mol. The summed E-state index contributed by atoms with van der Waals surface area (Å²) in [6, 6.07) is 7.41. The number of benzene rings is 1. The summed E-state index contributed by atoms with van der Waals surface area (Å²) in [5.41, 5.74) is 1.32. The van der Waals surface area contributed by atoms with Crippen LogP contribution < -0.4 is 10.2 Å². The molecule has 0 unspecified atom stereocenters. The molecule has 1 aromatic heterocycles. The quantitative estimate of drug-likeness (QED) is 0.851. The number of nitrogens with one attached hydrogen (secondary N) is 1. The third kappa shape index (κ3) is 2.86. The van der Waals surface area contributed by atoms with E-state index in [0.29, 0.717) is 13.0 Å². The maximum atomic E-state index is 12.9. The molecule has 0 radical (unpaired) electrons. The zero-order valence-corrected chi connectivity index (χ0v) is 15.5. The Hall–Kier alpha value is -2.15. The van der Waals surface area contributed by atoms with Crippen LogP contribution in [0.15, 0.2) is 41.1 Å². The van der Waals surface area contributed by atoms with Gasteiger partial charge in [-0.05, 0) is 37.0 Å². The fourth-order valence-corrected chi connectivity index (χ4v) is 3.72. The monoisotopic (exact) mass is 402 g/mol. The first-order valence-electron chi connectivity index (χ1n) is 8.37. The molecule has 1 saturated carbocycles. The van der Waals surface area contributed by atoms with E-state index < -0.39 is 11.5 Å². The minimum absolute atomic E-state index is 0.0405. The molecule has 1 aromatic carbocycles. The second-order valence-corrected chi connectivity index (χ2v) is 7.68. The number of hydrogen-bond acceptors (Lipinski definition) is 3. The number of hydrogen-bond donors (Lipinski definition) is 1. The highest BCUT2D eigenvalue weighted by atomic mass is 79.9. The van der Waals surface area contributed by atoms with Crippen molar-refractivity contribution in [1.29, 1.82) is 0 Å². The molecule has 1 atom stereocenters. The predicted octanol–water partition coefficient (Wildman–Crippen LogP) is 2.14. The van der Waals surface area contributed by atoms with Crippen molar-refractivity contribution in [2.24, 2.45) is 7.05 Å². The molecule has 2 heterocycles. The van der Waals surface area contributed by atoms with Gasteiger partial charge in [-0.2, -0.15) is 5.10 Å². The van der Waals surface area contributed by atoms with E-state index in [4.69, 9.17) is 0 Å². The first-order chi connectivity index (χ1) is 12.0. The van der Waals surface area contributed by atoms with Crippen molar-refractivity contribution < 1.29 is 9.59 Å². The number of rotatable bonds is 4. The van der Waals surface area contributed by atoms with Crippen LogP contribution in [0, 0.1) is 0 Å². The smallest absolute Gasteiger partial charge is 0.249 e. The van der Waals surface area contributed by atoms with Crippen molar-refractivity contribution in [2.75, 3.05) is 11.4 Å². The molecule has 2 aliphatic rings. The topological polar surface area (TPSA) is 67.2 Å². The van der Waals surface area contributed by atoms with Gasteiger partial charge in [-0.3, -0.25) is 14.3 Å². The van der Waals surface area contributed by atoms with Crippen LogP contribution in [0.5, 0.6) is 0 Å². The maximum absolute atomic E-state index is 12.9. The minimum atomic E-state index is -0.470. The fourth-order valence-electron chi connectivity index (χ4n) is 3.46. The number of aryl methyl sites for hydroxylation is 1. The van der Waals surface area contributed by atoms with Crippen LogP contribution in [0.25, 0.3) is 0 Å². The zero-order valence-electron chi connectivity index (χ0n) is 13.9. The Kier molecular flexibility index (Phi) is 3.91. The molecule has 2 fully saturated rings. The number of carbonyl (C=O) groups excluding carboxylic acids is 2. The first kappa shape index (κ1) is 16.3. The Labute approximate surface area is 154 Å². The lowest BCUT2D eigenvalue weighted by molar-refractivity contribution is -0.128. The maximum Gasteiger partial charge on any atom is 0.249 e. The summed E-state index contributed by atoms with van der Waals surface area (Å²) in [5, 5.41) is 7.09. The van der Waals surface area contributed by atoms with E-state index in [1.165, 1.54) is 0 Å². The molecular formula is C18H19BrN4O2. The lowest BCUT2D eigenvalue weighted by Gasteiger charge is -2.19. The molecule has 1 saturated heterocycles. The van der Waals surface area contributed by atoms with Gasteiger partial charge in [0.1, 0.15) is 6.04 Å². The average Bonchev–Trinajstić information content (AvgIpc) is 3.19. The normalized spacial score (nSPS) is 21.4. The highest BCUT2D eigenvalue weighted by Crippen LogP contribution is 2.48. The van der Waals surface area contributed by atoms with Gasteiger partial charge in [0, 0.05) is 24.3 Å². The van der Waals surface area contributed by atoms with E-state index in [0.717, 1.165) is 28.6 Å². The van der Waals surface area contributed by atoms with Crippen LogP contribution in [-0.4, -0.2) is 34.2 Å². The van der Waals surface area contributed by atoms with Crippen LogP contribution in [0.3, 0.4) is 0 Å². The second kappa shape index (κ2) is 5.98. The predicted molar refractivity (Wildman–Crippen MR) is 97.2 cm³/mol. The molecule has 0 spiro atoms. The first-order valence-corrected chi connectivity index (χ1v) is 9.16. The van der Waals surface area contributed by atoms with E-state index in [9.17, 15) is 9.59 Å². The zero-order chi connectivity index (χ0) is 17.6. The highest BCUT2D eigenvalue weighted by Gasteiger charge is 2.52. The highest BCUT2D eigenvalue weighted by molar-refractivity contribution is 9.10. The fraction of sp³-hybridized carbons (Fsp3) is 0.389. The molecule has 2 aromatic rings. The van der Waals surface area contributed by atoms with Crippen molar-refractivity contribution >= 4 is 33.4 Å². The number of aromatic nitrogens is 2. The van der Waals surface area contributed by atoms with Gasteiger partial charge in [-0.1, -0.05) is 28.1 Å². The van der Waals surface area contributed by atoms with Gasteiger partial charge in [0.05, 0.1) is 17.3 Å². The van der Waals surface area contributed by atoms with E-state index in [-0.39, 0.29) is 11.8 Å². The Bertz CT molecular complexity index is 826. The molecule has 130 valence electrons. The van der Waals surface area contributed by atoms with Gasteiger partial charge in [-0.15, -0.1) is 0 Å². The Morgan fingerprint density at radius 3 is 2.64 bits per heavy atom. The molecule has 4 rings (SSSR count). The lowest BCUT2D eigenvalue weighted by Crippen LogP contribution is -2.45. The van der Waals surface area contributed by atoms with E-state index in [2.05, 4.69) is 26.3 Å². The molecular weight excluding hydrogens is 384 g/mol. The molecule has 1 aliphatic carbocycles. The Morgan fingerprint density at radius 1 is 1.32 bits per heavy atom. The number of carbonyl (C=O) groups is 2. The van der Waals surface area contributed by atoms with Gasteiger partial charge in [0.25, 0.3) is 0 Å². The van der Waals surface area contributed by atoms with Gasteiger partial charge < -0.3 is 10.2 Å². The summed E-state index contributed by atoms with van der Waals surface area (Å²) in [7, 11) is 1.82. The number of halogens is 1. The van der Waals surface area contributed by atoms with Gasteiger partial charge in [-0.25, -0.2) is 0 Å². The SMILES string of the molecule is Cn1cc(N2CC[C@H](NC(=O)C3(c4ccc(Br)cc4)CC3)C2=O)cn1. The van der Waals surface area contributed by atoms with Crippen LogP contribution in [-0.2, 0) is 22.1 Å². The molecule has 0 bridgehead atoms. The summed E-state index contributed by atoms with van der Waals surface area (Å²) in [6.07, 6.45) is 5.76. The lowest BCUT2D eigenvalue weighted by atomic mass is 9.94. The summed E-state index contributed by atoms with van der Waals surface area (Å²) in [4.78, 5) is 27.2. The van der Waals surface area contributed by atoms with Crippen LogP contribution in [0.4, 0.5) is 5.69 Å². The molecule has 1 N–H and O–H groups in total. The van der Waals surface area contributed by atoms with Crippen molar-refractivity contribution in [1.82, 2.24) is 15.1 Å². The summed E-state index contributed by atoms with van der Waals surface area (Å²) in [5.74, 6) is -0.103. The van der Waals surface area contributed by atoms with Gasteiger partial charge in [0.2, 0.25) is 11.8 Å². The van der Waals surface area contributed by atoms with E-state index in [1.807, 2.05) is 37.5 Å². The molecule has 7 heteroatoms. The standard InChI is InChI=1S/C18H19BrN4O2/c1-22-11-14(10-20-22)23-9-6-15(16(23)24)21-17(25)18(7-8-18)12-2-4-13(19)5-3-12/h2-5,10-11,15H,6-9H2,1H3,(H,21,25)/t15-/m0/s1. The van der Waals surface area contributed by atoms with Crippen LogP contribution in [0.2, 0.25) is 0 Å². The molecule has 1 aliphatic heterocycles. The van der Waals surface area contributed by atoms with Gasteiger partial charge in [0.15, 0.2) is 0 Å². The Morgan fingerprint density at radius 2 is 2.04 bits per heavy atom. The van der Waals surface area contributed by atoms with E-state index in [1.54, 1.807) is 15.8 Å². The minimum Gasteiger partial charge on any atom is -0.343 e. The van der Waals surface area contributed by atoms with Gasteiger partial charge >= 0.3 is 0 Å². The molecule has 25 heavy (non-hydrogen) atoms. The number of nitrogens with zero attached hydrogens (tertiary/aromatic N) is 3.